The summed E-state index contributed by atoms with van der Waals surface area (Å²) in [7, 11) is 1.86. The van der Waals surface area contributed by atoms with Crippen LogP contribution in [-0.2, 0) is 13.1 Å². The van der Waals surface area contributed by atoms with Crippen LogP contribution >= 0.6 is 11.6 Å². The first kappa shape index (κ1) is 19.2. The van der Waals surface area contributed by atoms with Crippen molar-refractivity contribution in [2.45, 2.75) is 25.4 Å². The van der Waals surface area contributed by atoms with Crippen LogP contribution in [-0.4, -0.2) is 57.9 Å². The van der Waals surface area contributed by atoms with Crippen molar-refractivity contribution >= 4 is 17.5 Å². The minimum atomic E-state index is -2.90. The fraction of sp³-hybridized carbons (Fsp3) is 0.444. The van der Waals surface area contributed by atoms with Crippen LogP contribution < -0.4 is 0 Å². The molecule has 10 heteroatoms. The lowest BCUT2D eigenvalue weighted by Gasteiger charge is -2.38. The number of halogens is 5. The van der Waals surface area contributed by atoms with Crippen LogP contribution in [0.5, 0.6) is 0 Å². The second-order valence-corrected chi connectivity index (χ2v) is 7.64. The molecule has 28 heavy (non-hydrogen) atoms. The zero-order valence-electron chi connectivity index (χ0n) is 15.0. The number of benzene rings is 1. The number of hydrogen-bond acceptors (Lipinski definition) is 3. The molecule has 0 N–H and O–H groups in total. The van der Waals surface area contributed by atoms with Gasteiger partial charge >= 0.3 is 0 Å². The third-order valence-electron chi connectivity index (χ3n) is 5.00. The summed E-state index contributed by atoms with van der Waals surface area (Å²) < 4.78 is 56.1. The van der Waals surface area contributed by atoms with E-state index in [0.29, 0.717) is 24.8 Å². The number of imidazole rings is 1. The van der Waals surface area contributed by atoms with Gasteiger partial charge in [0, 0.05) is 19.2 Å². The van der Waals surface area contributed by atoms with E-state index in [-0.39, 0.29) is 22.1 Å². The molecule has 3 heterocycles. The summed E-state index contributed by atoms with van der Waals surface area (Å²) in [5.74, 6) is -5.14. The summed E-state index contributed by atoms with van der Waals surface area (Å²) in [4.78, 5) is 20.1. The maximum absolute atomic E-state index is 14.5. The molecular formula is C18H17ClF4N4O. The average Bonchev–Trinajstić information content (AvgIpc) is 2.81. The molecule has 1 aromatic carbocycles. The fourth-order valence-electron chi connectivity index (χ4n) is 3.60. The highest BCUT2D eigenvalue weighted by molar-refractivity contribution is 6.31. The Labute approximate surface area is 163 Å². The van der Waals surface area contributed by atoms with Crippen molar-refractivity contribution in [3.63, 3.8) is 0 Å². The molecule has 0 bridgehead atoms. The molecule has 1 fully saturated rings. The van der Waals surface area contributed by atoms with E-state index in [0.717, 1.165) is 23.9 Å². The maximum atomic E-state index is 14.5. The van der Waals surface area contributed by atoms with E-state index in [4.69, 9.17) is 11.6 Å². The van der Waals surface area contributed by atoms with E-state index in [1.807, 2.05) is 11.9 Å². The van der Waals surface area contributed by atoms with E-state index >= 15 is 0 Å². The zero-order chi connectivity index (χ0) is 20.2. The summed E-state index contributed by atoms with van der Waals surface area (Å²) in [5.41, 5.74) is 0.499. The van der Waals surface area contributed by atoms with Gasteiger partial charge in [-0.3, -0.25) is 4.79 Å². The predicted molar refractivity (Wildman–Crippen MR) is 94.4 cm³/mol. The molecule has 150 valence electrons. The number of aromatic nitrogens is 2. The highest BCUT2D eigenvalue weighted by Gasteiger charge is 2.47. The van der Waals surface area contributed by atoms with Gasteiger partial charge in [0.15, 0.2) is 5.69 Å². The van der Waals surface area contributed by atoms with Crippen LogP contribution in [0.2, 0.25) is 5.02 Å². The van der Waals surface area contributed by atoms with E-state index in [2.05, 4.69) is 4.98 Å². The highest BCUT2D eigenvalue weighted by Crippen LogP contribution is 2.33. The molecule has 0 radical (unpaired) electrons. The van der Waals surface area contributed by atoms with E-state index in [1.54, 1.807) is 4.57 Å². The van der Waals surface area contributed by atoms with Gasteiger partial charge in [0.2, 0.25) is 0 Å². The summed E-state index contributed by atoms with van der Waals surface area (Å²) in [6.07, 6.45) is 0.721. The Balaban J connectivity index is 1.82. The largest absolute Gasteiger partial charge is 0.326 e. The van der Waals surface area contributed by atoms with Crippen molar-refractivity contribution in [1.29, 1.82) is 0 Å². The topological polar surface area (TPSA) is 41.4 Å². The average molecular weight is 417 g/mol. The number of amides is 1. The molecule has 1 saturated heterocycles. The van der Waals surface area contributed by atoms with Crippen molar-refractivity contribution in [2.75, 3.05) is 26.7 Å². The highest BCUT2D eigenvalue weighted by atomic mass is 35.5. The Morgan fingerprint density at radius 2 is 1.89 bits per heavy atom. The van der Waals surface area contributed by atoms with Crippen molar-refractivity contribution in [3.8, 4) is 11.4 Å². The van der Waals surface area contributed by atoms with E-state index < -0.39 is 36.6 Å². The summed E-state index contributed by atoms with van der Waals surface area (Å²) in [6.45, 7) is 0.220. The Morgan fingerprint density at radius 3 is 2.57 bits per heavy atom. The molecule has 0 aliphatic carbocycles. The first-order valence-corrected chi connectivity index (χ1v) is 9.14. The molecule has 5 nitrogen and oxygen atoms in total. The number of carbonyl (C=O) groups excluding carboxylic acids is 1. The van der Waals surface area contributed by atoms with Gasteiger partial charge in [-0.1, -0.05) is 11.6 Å². The Hall–Kier alpha value is -2.13. The fourth-order valence-corrected chi connectivity index (χ4v) is 3.76. The second kappa shape index (κ2) is 6.73. The van der Waals surface area contributed by atoms with Gasteiger partial charge in [-0.05, 0) is 26.1 Å². The van der Waals surface area contributed by atoms with Crippen LogP contribution in [0.15, 0.2) is 12.1 Å². The van der Waals surface area contributed by atoms with Crippen molar-refractivity contribution in [2.24, 2.45) is 0 Å². The normalized spacial score (nSPS) is 19.1. The molecule has 2 aromatic rings. The van der Waals surface area contributed by atoms with Crippen LogP contribution in [0.25, 0.3) is 11.4 Å². The standard InChI is InChI=1S/C18H17ClF4N4O/c1-25-3-2-4-27-14(7-25)15(17(28)26-8-18(22,23)9-26)24-16(27)10-5-11(19)13(21)6-12(10)20/h5-6H,2-4,7-9H2,1H3. The van der Waals surface area contributed by atoms with E-state index in [9.17, 15) is 22.4 Å². The Kier molecular flexibility index (Phi) is 4.62. The molecule has 0 spiro atoms. The SMILES string of the molecule is CN1CCCn2c(-c3cc(Cl)c(F)cc3F)nc(C(=O)N3CC(F)(F)C3)c2C1. The number of likely N-dealkylation sites (tertiary alicyclic amines) is 1. The molecule has 2 aliphatic rings. The molecule has 1 amide bonds. The molecule has 2 aliphatic heterocycles. The maximum Gasteiger partial charge on any atom is 0.282 e. The van der Waals surface area contributed by atoms with Crippen LogP contribution in [0, 0.1) is 11.6 Å². The zero-order valence-corrected chi connectivity index (χ0v) is 15.7. The third kappa shape index (κ3) is 3.26. The predicted octanol–water partition coefficient (Wildman–Crippen LogP) is 3.41. The Bertz CT molecular complexity index is 954. The van der Waals surface area contributed by atoms with Gasteiger partial charge in [-0.25, -0.2) is 22.5 Å². The van der Waals surface area contributed by atoms with Crippen LogP contribution in [0.1, 0.15) is 22.6 Å². The molecular weight excluding hydrogens is 400 g/mol. The number of fused-ring (bicyclic) bond motifs is 1. The number of hydrogen-bond donors (Lipinski definition) is 0. The molecule has 4 rings (SSSR count). The summed E-state index contributed by atoms with van der Waals surface area (Å²) >= 11 is 5.81. The number of carbonyl (C=O) groups is 1. The molecule has 0 unspecified atom stereocenters. The molecule has 0 atom stereocenters. The molecule has 0 saturated carbocycles. The monoisotopic (exact) mass is 416 g/mol. The lowest BCUT2D eigenvalue weighted by atomic mass is 10.1. The van der Waals surface area contributed by atoms with Crippen LogP contribution in [0.3, 0.4) is 0 Å². The Morgan fingerprint density at radius 1 is 1.18 bits per heavy atom. The number of nitrogens with zero attached hydrogens (tertiary/aromatic N) is 4. The number of alkyl halides is 2. The minimum Gasteiger partial charge on any atom is -0.326 e. The summed E-state index contributed by atoms with van der Waals surface area (Å²) in [5, 5.41) is -0.269. The van der Waals surface area contributed by atoms with Gasteiger partial charge < -0.3 is 14.4 Å². The van der Waals surface area contributed by atoms with Crippen LogP contribution in [0.4, 0.5) is 17.6 Å². The van der Waals surface area contributed by atoms with Crippen molar-refractivity contribution < 1.29 is 22.4 Å². The summed E-state index contributed by atoms with van der Waals surface area (Å²) in [6, 6.07) is 1.79. The minimum absolute atomic E-state index is 0.0131. The van der Waals surface area contributed by atoms with Crippen molar-refractivity contribution in [1.82, 2.24) is 19.4 Å². The quantitative estimate of drug-likeness (QED) is 0.556. The second-order valence-electron chi connectivity index (χ2n) is 7.24. The van der Waals surface area contributed by atoms with Gasteiger partial charge in [-0.15, -0.1) is 0 Å². The van der Waals surface area contributed by atoms with Gasteiger partial charge in [0.1, 0.15) is 17.5 Å². The van der Waals surface area contributed by atoms with E-state index in [1.165, 1.54) is 0 Å². The van der Waals surface area contributed by atoms with Crippen molar-refractivity contribution in [3.05, 3.63) is 40.2 Å². The first-order chi connectivity index (χ1) is 13.2. The van der Waals surface area contributed by atoms with Gasteiger partial charge in [0.25, 0.3) is 11.8 Å². The van der Waals surface area contributed by atoms with Gasteiger partial charge in [0.05, 0.1) is 29.4 Å². The third-order valence-corrected chi connectivity index (χ3v) is 5.29. The number of rotatable bonds is 2. The lowest BCUT2D eigenvalue weighted by Crippen LogP contribution is -2.58. The smallest absolute Gasteiger partial charge is 0.282 e. The molecule has 1 aromatic heterocycles. The lowest BCUT2D eigenvalue weighted by molar-refractivity contribution is -0.113. The van der Waals surface area contributed by atoms with Gasteiger partial charge in [-0.2, -0.15) is 0 Å². The first-order valence-electron chi connectivity index (χ1n) is 8.76.